The molecule has 0 spiro atoms. The highest BCUT2D eigenvalue weighted by Crippen LogP contribution is 2.22. The van der Waals surface area contributed by atoms with Crippen LogP contribution in [0, 0.1) is 0 Å². The van der Waals surface area contributed by atoms with Crippen LogP contribution in [0.25, 0.3) is 26.5 Å². The Morgan fingerprint density at radius 3 is 2.89 bits per heavy atom. The third-order valence-electron chi connectivity index (χ3n) is 3.16. The van der Waals surface area contributed by atoms with E-state index >= 15 is 0 Å². The van der Waals surface area contributed by atoms with Crippen LogP contribution in [0.15, 0.2) is 33.9 Å². The van der Waals surface area contributed by atoms with Crippen LogP contribution in [0.5, 0.6) is 0 Å². The van der Waals surface area contributed by atoms with Gasteiger partial charge in [0.05, 0.1) is 0 Å². The second-order valence-corrected chi connectivity index (χ2v) is 7.20. The lowest BCUT2D eigenvalue weighted by Crippen LogP contribution is -3.00. The summed E-state index contributed by atoms with van der Waals surface area (Å²) in [6.07, 6.45) is 5.71. The summed E-state index contributed by atoms with van der Waals surface area (Å²) >= 11 is 6.10. The van der Waals surface area contributed by atoms with Gasteiger partial charge < -0.3 is 24.0 Å². The maximum atomic E-state index is 2.40. The molecule has 3 aromatic rings. The number of thiazole rings is 2. The topological polar surface area (TPSA) is 4.10 Å². The molecule has 0 radical (unpaired) electrons. The molecule has 96 valence electrons. The average molecular weight is 509 g/mol. The van der Waals surface area contributed by atoms with Crippen molar-refractivity contribution in [3.05, 3.63) is 43.8 Å². The lowest BCUT2D eigenvalue weighted by atomic mass is 10.1. The molecule has 2 aromatic heterocycles. The Morgan fingerprint density at radius 1 is 1.21 bits per heavy atom. The van der Waals surface area contributed by atoms with Gasteiger partial charge in [-0.1, -0.05) is 57.4 Å². The molecule has 0 N–H and O–H groups in total. The van der Waals surface area contributed by atoms with Crippen LogP contribution in [0.4, 0.5) is 0 Å². The van der Waals surface area contributed by atoms with Gasteiger partial charge in [-0.15, -0.1) is 4.40 Å². The zero-order chi connectivity index (χ0) is 12.1. The van der Waals surface area contributed by atoms with Crippen LogP contribution in [0.3, 0.4) is 0 Å². The number of fused-ring (bicyclic) bond motifs is 5. The van der Waals surface area contributed by atoms with Crippen LogP contribution in [0.1, 0.15) is 6.42 Å². The van der Waals surface area contributed by atoms with E-state index in [1.165, 1.54) is 29.8 Å². The summed E-state index contributed by atoms with van der Waals surface area (Å²) in [7, 11) is 0. The zero-order valence-electron chi connectivity index (χ0n) is 9.77. The van der Waals surface area contributed by atoms with Crippen LogP contribution >= 0.6 is 45.3 Å². The van der Waals surface area contributed by atoms with Crippen molar-refractivity contribution in [2.45, 2.75) is 6.42 Å². The minimum Gasteiger partial charge on any atom is -1.00 e. The first-order valence-corrected chi connectivity index (χ1v) is 8.58. The number of allylic oxidation sites excluding steroid dienone is 1. The molecule has 0 bridgehead atoms. The number of hydrogen-bond donors (Lipinski definition) is 0. The van der Waals surface area contributed by atoms with Crippen molar-refractivity contribution in [2.24, 2.45) is 0 Å². The Kier molecular flexibility index (Phi) is 3.98. The largest absolute Gasteiger partial charge is 1.00 e. The number of nitrogens with zero attached hydrogens (tertiary/aromatic N) is 1. The zero-order valence-corrected chi connectivity index (χ0v) is 15.7. The molecule has 0 unspecified atom stereocenters. The third kappa shape index (κ3) is 2.18. The molecule has 4 rings (SSSR count). The molecule has 1 nitrogen and oxygen atoms in total. The predicted octanol–water partition coefficient (Wildman–Crippen LogP) is -0.0109. The summed E-state index contributed by atoms with van der Waals surface area (Å²) in [5.74, 6) is 0. The number of aromatic nitrogens is 1. The normalized spacial score (nSPS) is 15.9. The Hall–Kier alpha value is 0.01000. The highest BCUT2D eigenvalue weighted by Gasteiger charge is 2.19. The molecule has 1 aliphatic rings. The van der Waals surface area contributed by atoms with Crippen molar-refractivity contribution in [3.8, 4) is 0 Å². The summed E-state index contributed by atoms with van der Waals surface area (Å²) in [5, 5.41) is 1.37. The van der Waals surface area contributed by atoms with Gasteiger partial charge in [0.1, 0.15) is 9.23 Å². The third-order valence-corrected chi connectivity index (χ3v) is 6.29. The highest BCUT2D eigenvalue weighted by atomic mass is 127. The minimum absolute atomic E-state index is 0. The summed E-state index contributed by atoms with van der Waals surface area (Å²) in [4.78, 5) is 0. The van der Waals surface area contributed by atoms with Crippen molar-refractivity contribution < 1.29 is 28.4 Å². The smallest absolute Gasteiger partial charge is 0.327 e. The molecule has 0 amide bonds. The van der Waals surface area contributed by atoms with E-state index in [9.17, 15) is 0 Å². The van der Waals surface area contributed by atoms with E-state index in [1.54, 1.807) is 0 Å². The predicted molar refractivity (Wildman–Crippen MR) is 87.8 cm³/mol. The van der Waals surface area contributed by atoms with Crippen LogP contribution < -0.4 is 38.3 Å². The molecule has 1 aromatic carbocycles. The lowest BCUT2D eigenvalue weighted by molar-refractivity contribution is -0.489. The summed E-state index contributed by atoms with van der Waals surface area (Å²) in [5.41, 5.74) is 2.74. The fourth-order valence-electron chi connectivity index (χ4n) is 2.33. The number of hydrogen-bond acceptors (Lipinski definition) is 2. The quantitative estimate of drug-likeness (QED) is 0.297. The average Bonchev–Trinajstić information content (AvgIpc) is 2.92. The Bertz CT molecular complexity index is 918. The van der Waals surface area contributed by atoms with Crippen molar-refractivity contribution >= 4 is 71.8 Å². The van der Waals surface area contributed by atoms with E-state index < -0.39 is 0 Å². The number of benzene rings is 1. The first-order valence-electron chi connectivity index (χ1n) is 5.70. The van der Waals surface area contributed by atoms with Crippen molar-refractivity contribution in [1.29, 1.82) is 0 Å². The van der Waals surface area contributed by atoms with Gasteiger partial charge in [-0.3, -0.25) is 0 Å². The molecule has 0 aliphatic heterocycles. The maximum absolute atomic E-state index is 2.40. The van der Waals surface area contributed by atoms with Crippen molar-refractivity contribution in [3.63, 3.8) is 0 Å². The SMILES string of the molecule is IC=C1C=c2sc3sc4ccccc4[n+]3c2=CC1.[I-]. The molecule has 0 fully saturated rings. The van der Waals surface area contributed by atoms with E-state index in [4.69, 9.17) is 0 Å². The lowest BCUT2D eigenvalue weighted by Gasteiger charge is -1.95. The Morgan fingerprint density at radius 2 is 2.05 bits per heavy atom. The molecule has 2 heterocycles. The summed E-state index contributed by atoms with van der Waals surface area (Å²) < 4.78 is 8.72. The first-order chi connectivity index (χ1) is 8.86. The van der Waals surface area contributed by atoms with Crippen molar-refractivity contribution in [2.75, 3.05) is 0 Å². The van der Waals surface area contributed by atoms with Crippen molar-refractivity contribution in [1.82, 2.24) is 0 Å². The number of para-hydroxylation sites is 1. The second-order valence-electron chi connectivity index (χ2n) is 4.26. The molecule has 1 aliphatic carbocycles. The van der Waals surface area contributed by atoms with Gasteiger partial charge in [-0.05, 0) is 34.3 Å². The summed E-state index contributed by atoms with van der Waals surface area (Å²) in [6, 6.07) is 8.65. The molecule has 0 atom stereocenters. The van der Waals surface area contributed by atoms with Gasteiger partial charge in [0.15, 0.2) is 0 Å². The van der Waals surface area contributed by atoms with E-state index in [1.807, 2.05) is 22.7 Å². The molecule has 19 heavy (non-hydrogen) atoms. The maximum Gasteiger partial charge on any atom is 0.327 e. The van der Waals surface area contributed by atoms with E-state index in [0.29, 0.717) is 0 Å². The van der Waals surface area contributed by atoms with E-state index in [-0.39, 0.29) is 24.0 Å². The number of rotatable bonds is 0. The fourth-order valence-corrected chi connectivity index (χ4v) is 5.32. The van der Waals surface area contributed by atoms with Crippen LogP contribution in [0.2, 0.25) is 0 Å². The standard InChI is InChI=1S/C14H9INS2.HI/c15-8-9-5-6-11-13(7-9)18-14-16(11)10-3-1-2-4-12(10)17-14;/h1-4,6-8H,5H2;1H/q+1;/p-1. The molecular weight excluding hydrogens is 500 g/mol. The minimum atomic E-state index is 0. The first kappa shape index (κ1) is 14.0. The molecule has 5 heteroatoms. The molecular formula is C14H9I2NS2. The Labute approximate surface area is 149 Å². The van der Waals surface area contributed by atoms with E-state index in [2.05, 4.69) is 67.5 Å². The summed E-state index contributed by atoms with van der Waals surface area (Å²) in [6.45, 7) is 0. The van der Waals surface area contributed by atoms with Gasteiger partial charge in [0, 0.05) is 6.07 Å². The van der Waals surface area contributed by atoms with Gasteiger partial charge in [-0.2, -0.15) is 0 Å². The Balaban J connectivity index is 0.00000110. The van der Waals surface area contributed by atoms with Crippen LogP contribution in [-0.2, 0) is 0 Å². The fraction of sp³-hybridized carbons (Fsp3) is 0.0714. The van der Waals surface area contributed by atoms with Gasteiger partial charge in [0.25, 0.3) is 0 Å². The van der Waals surface area contributed by atoms with Gasteiger partial charge >= 0.3 is 4.14 Å². The second kappa shape index (κ2) is 5.42. The molecule has 0 saturated heterocycles. The number of halogens is 2. The van der Waals surface area contributed by atoms with Gasteiger partial charge in [0.2, 0.25) is 10.9 Å². The van der Waals surface area contributed by atoms with Crippen LogP contribution in [-0.4, -0.2) is 0 Å². The highest BCUT2D eigenvalue weighted by molar-refractivity contribution is 14.1. The molecule has 0 saturated carbocycles. The van der Waals surface area contributed by atoms with E-state index in [0.717, 1.165) is 6.42 Å². The van der Waals surface area contributed by atoms with Gasteiger partial charge in [-0.25, -0.2) is 0 Å². The monoisotopic (exact) mass is 509 g/mol.